The summed E-state index contributed by atoms with van der Waals surface area (Å²) in [7, 11) is -2.10. The molecule has 7 nitrogen and oxygen atoms in total. The Labute approximate surface area is 170 Å². The number of benzene rings is 2. The highest BCUT2D eigenvalue weighted by molar-refractivity contribution is 7.90. The molecule has 0 aliphatic carbocycles. The number of amidine groups is 1. The van der Waals surface area contributed by atoms with Gasteiger partial charge in [0.1, 0.15) is 17.3 Å². The number of likely N-dealkylation sites (tertiary alicyclic amines) is 1. The fourth-order valence-corrected chi connectivity index (χ4v) is 5.00. The SMILES string of the molecule is COc1ccccc1COC(=O)[C@H]1CCCN(C2=NS(=O)(=O)c3ccccc32)C1. The summed E-state index contributed by atoms with van der Waals surface area (Å²) in [5.41, 5.74) is 1.40. The van der Waals surface area contributed by atoms with Gasteiger partial charge in [-0.2, -0.15) is 8.42 Å². The average Bonchev–Trinajstić information content (AvgIpc) is 3.03. The van der Waals surface area contributed by atoms with Crippen molar-refractivity contribution < 1.29 is 22.7 Å². The van der Waals surface area contributed by atoms with Crippen LogP contribution in [0.3, 0.4) is 0 Å². The predicted octanol–water partition coefficient (Wildman–Crippen LogP) is 2.60. The molecule has 0 amide bonds. The molecule has 0 radical (unpaired) electrons. The van der Waals surface area contributed by atoms with Crippen molar-refractivity contribution in [3.63, 3.8) is 0 Å². The number of para-hydroxylation sites is 1. The number of esters is 1. The van der Waals surface area contributed by atoms with Gasteiger partial charge in [0.15, 0.2) is 5.84 Å². The second kappa shape index (κ2) is 7.87. The van der Waals surface area contributed by atoms with E-state index < -0.39 is 10.0 Å². The van der Waals surface area contributed by atoms with Crippen LogP contribution in [0.4, 0.5) is 0 Å². The van der Waals surface area contributed by atoms with E-state index in [-0.39, 0.29) is 23.4 Å². The van der Waals surface area contributed by atoms with Gasteiger partial charge in [0.05, 0.1) is 13.0 Å². The summed E-state index contributed by atoms with van der Waals surface area (Å²) in [6.07, 6.45) is 1.46. The van der Waals surface area contributed by atoms with Gasteiger partial charge < -0.3 is 14.4 Å². The number of rotatable bonds is 4. The Hall–Kier alpha value is -2.87. The van der Waals surface area contributed by atoms with Crippen LogP contribution in [0.5, 0.6) is 5.75 Å². The van der Waals surface area contributed by atoms with Gasteiger partial charge in [-0.1, -0.05) is 30.3 Å². The molecule has 1 fully saturated rings. The van der Waals surface area contributed by atoms with Crippen molar-refractivity contribution in [1.82, 2.24) is 4.90 Å². The fraction of sp³-hybridized carbons (Fsp3) is 0.333. The van der Waals surface area contributed by atoms with Gasteiger partial charge in [-0.25, -0.2) is 0 Å². The molecule has 152 valence electrons. The summed E-state index contributed by atoms with van der Waals surface area (Å²) in [5.74, 6) is 0.461. The summed E-state index contributed by atoms with van der Waals surface area (Å²) in [5, 5.41) is 0. The molecule has 29 heavy (non-hydrogen) atoms. The molecule has 0 spiro atoms. The van der Waals surface area contributed by atoms with Crippen molar-refractivity contribution in [2.75, 3.05) is 20.2 Å². The number of carbonyl (C=O) groups excluding carboxylic acids is 1. The zero-order valence-corrected chi connectivity index (χ0v) is 16.9. The van der Waals surface area contributed by atoms with Gasteiger partial charge >= 0.3 is 5.97 Å². The minimum Gasteiger partial charge on any atom is -0.496 e. The summed E-state index contributed by atoms with van der Waals surface area (Å²) in [6, 6.07) is 14.2. The van der Waals surface area contributed by atoms with Crippen molar-refractivity contribution in [3.8, 4) is 5.75 Å². The van der Waals surface area contributed by atoms with Crippen LogP contribution >= 0.6 is 0 Å². The molecule has 2 aliphatic rings. The second-order valence-corrected chi connectivity index (χ2v) is 8.66. The van der Waals surface area contributed by atoms with E-state index in [1.807, 2.05) is 29.2 Å². The topological polar surface area (TPSA) is 85.3 Å². The molecule has 0 N–H and O–H groups in total. The third kappa shape index (κ3) is 3.85. The quantitative estimate of drug-likeness (QED) is 0.715. The Morgan fingerprint density at radius 1 is 1.17 bits per heavy atom. The highest BCUT2D eigenvalue weighted by atomic mass is 32.2. The molecular weight excluding hydrogens is 392 g/mol. The molecule has 1 saturated heterocycles. The number of ether oxygens (including phenoxy) is 2. The Bertz CT molecular complexity index is 1060. The highest BCUT2D eigenvalue weighted by Gasteiger charge is 2.35. The van der Waals surface area contributed by atoms with E-state index in [1.54, 1.807) is 31.4 Å². The molecule has 0 aromatic heterocycles. The summed E-state index contributed by atoms with van der Waals surface area (Å²) < 4.78 is 39.4. The zero-order chi connectivity index (χ0) is 20.4. The number of sulfonamides is 1. The van der Waals surface area contributed by atoms with Gasteiger partial charge in [-0.15, -0.1) is 4.40 Å². The molecule has 2 aromatic carbocycles. The molecule has 0 saturated carbocycles. The van der Waals surface area contributed by atoms with Crippen LogP contribution in [0.1, 0.15) is 24.0 Å². The van der Waals surface area contributed by atoms with Gasteiger partial charge in [0.25, 0.3) is 10.0 Å². The van der Waals surface area contributed by atoms with E-state index in [1.165, 1.54) is 0 Å². The maximum absolute atomic E-state index is 12.7. The minimum absolute atomic E-state index is 0.136. The van der Waals surface area contributed by atoms with Crippen LogP contribution in [-0.4, -0.2) is 45.3 Å². The normalized spacial score (nSPS) is 20.0. The number of hydrogen-bond acceptors (Lipinski definition) is 6. The van der Waals surface area contributed by atoms with E-state index >= 15 is 0 Å². The maximum atomic E-state index is 12.7. The van der Waals surface area contributed by atoms with Crippen molar-refractivity contribution in [2.24, 2.45) is 10.3 Å². The molecule has 2 aromatic rings. The molecule has 1 atom stereocenters. The minimum atomic E-state index is -3.68. The van der Waals surface area contributed by atoms with E-state index in [4.69, 9.17) is 9.47 Å². The van der Waals surface area contributed by atoms with Gasteiger partial charge in [0, 0.05) is 24.2 Å². The number of nitrogens with zero attached hydrogens (tertiary/aromatic N) is 2. The van der Waals surface area contributed by atoms with E-state index in [0.29, 0.717) is 36.7 Å². The van der Waals surface area contributed by atoms with Crippen LogP contribution in [0.25, 0.3) is 0 Å². The number of carbonyl (C=O) groups is 1. The van der Waals surface area contributed by atoms with Crippen molar-refractivity contribution >= 4 is 21.8 Å². The van der Waals surface area contributed by atoms with E-state index in [9.17, 15) is 13.2 Å². The zero-order valence-electron chi connectivity index (χ0n) is 16.1. The van der Waals surface area contributed by atoms with Gasteiger partial charge in [0.2, 0.25) is 0 Å². The van der Waals surface area contributed by atoms with Crippen LogP contribution < -0.4 is 4.74 Å². The summed E-state index contributed by atoms with van der Waals surface area (Å²) in [6.45, 7) is 1.17. The van der Waals surface area contributed by atoms with E-state index in [0.717, 1.165) is 12.0 Å². The van der Waals surface area contributed by atoms with Crippen molar-refractivity contribution in [3.05, 3.63) is 59.7 Å². The first kappa shape index (κ1) is 19.4. The number of hydrogen-bond donors (Lipinski definition) is 0. The van der Waals surface area contributed by atoms with Crippen LogP contribution in [0.15, 0.2) is 57.8 Å². The number of fused-ring (bicyclic) bond motifs is 1. The molecular formula is C21H22N2O5S. The number of piperidine rings is 1. The van der Waals surface area contributed by atoms with Gasteiger partial charge in [-0.3, -0.25) is 4.79 Å². The van der Waals surface area contributed by atoms with Gasteiger partial charge in [-0.05, 0) is 31.0 Å². The lowest BCUT2D eigenvalue weighted by atomic mass is 9.97. The highest BCUT2D eigenvalue weighted by Crippen LogP contribution is 2.30. The lowest BCUT2D eigenvalue weighted by molar-refractivity contribution is -0.151. The largest absolute Gasteiger partial charge is 0.496 e. The molecule has 0 bridgehead atoms. The molecule has 0 unspecified atom stereocenters. The lowest BCUT2D eigenvalue weighted by Gasteiger charge is -2.33. The van der Waals surface area contributed by atoms with Crippen LogP contribution in [0.2, 0.25) is 0 Å². The summed E-state index contributed by atoms with van der Waals surface area (Å²) in [4.78, 5) is 14.8. The van der Waals surface area contributed by atoms with Crippen molar-refractivity contribution in [2.45, 2.75) is 24.3 Å². The van der Waals surface area contributed by atoms with Crippen molar-refractivity contribution in [1.29, 1.82) is 0 Å². The standard InChI is InChI=1S/C21H22N2O5S/c1-27-18-10-4-2-7-16(18)14-28-21(24)15-8-6-12-23(13-15)20-17-9-3-5-11-19(17)29(25,26)22-20/h2-5,7,9-11,15H,6,8,12-14H2,1H3/t15-/m0/s1. The first-order valence-corrected chi connectivity index (χ1v) is 10.9. The maximum Gasteiger partial charge on any atom is 0.311 e. The second-order valence-electron chi connectivity index (χ2n) is 7.09. The predicted molar refractivity (Wildman–Crippen MR) is 107 cm³/mol. The lowest BCUT2D eigenvalue weighted by Crippen LogP contribution is -2.42. The van der Waals surface area contributed by atoms with Crippen LogP contribution in [-0.2, 0) is 26.2 Å². The Kier molecular flexibility index (Phi) is 5.27. The third-order valence-corrected chi connectivity index (χ3v) is 6.55. The Morgan fingerprint density at radius 3 is 2.76 bits per heavy atom. The Balaban J connectivity index is 1.46. The molecule has 4 rings (SSSR count). The smallest absolute Gasteiger partial charge is 0.311 e. The Morgan fingerprint density at radius 2 is 1.93 bits per heavy atom. The monoisotopic (exact) mass is 414 g/mol. The van der Waals surface area contributed by atoms with Crippen LogP contribution in [0, 0.1) is 5.92 Å². The number of methoxy groups -OCH3 is 1. The molecule has 2 aliphatic heterocycles. The third-order valence-electron chi connectivity index (χ3n) is 5.23. The fourth-order valence-electron chi connectivity index (χ4n) is 3.77. The average molecular weight is 414 g/mol. The first-order chi connectivity index (χ1) is 14.0. The van der Waals surface area contributed by atoms with E-state index in [2.05, 4.69) is 4.40 Å². The molecule has 8 heteroatoms. The molecule has 2 heterocycles. The first-order valence-electron chi connectivity index (χ1n) is 9.47. The summed E-state index contributed by atoms with van der Waals surface area (Å²) >= 11 is 0.